The van der Waals surface area contributed by atoms with E-state index in [1.54, 1.807) is 6.26 Å². The van der Waals surface area contributed by atoms with Crippen molar-refractivity contribution >= 4 is 11.6 Å². The Hall–Kier alpha value is -2.67. The van der Waals surface area contributed by atoms with Gasteiger partial charge < -0.3 is 29.4 Å². The van der Waals surface area contributed by atoms with Gasteiger partial charge in [-0.25, -0.2) is 0 Å². The Labute approximate surface area is 184 Å². The van der Waals surface area contributed by atoms with Crippen LogP contribution in [0, 0.1) is 0 Å². The maximum atomic E-state index is 5.82. The van der Waals surface area contributed by atoms with Crippen LogP contribution in [-0.4, -0.2) is 56.8 Å². The highest BCUT2D eigenvalue weighted by Crippen LogP contribution is 2.32. The summed E-state index contributed by atoms with van der Waals surface area (Å²) >= 11 is 0. The Morgan fingerprint density at radius 3 is 2.71 bits per heavy atom. The van der Waals surface area contributed by atoms with Crippen LogP contribution in [0.3, 0.4) is 0 Å². The van der Waals surface area contributed by atoms with E-state index in [-0.39, 0.29) is 0 Å². The van der Waals surface area contributed by atoms with Gasteiger partial charge in [-0.1, -0.05) is 0 Å². The van der Waals surface area contributed by atoms with Gasteiger partial charge in [-0.2, -0.15) is 0 Å². The van der Waals surface area contributed by atoms with E-state index in [1.165, 1.54) is 38.9 Å². The summed E-state index contributed by atoms with van der Waals surface area (Å²) in [4.78, 5) is 7.36. The third-order valence-electron chi connectivity index (χ3n) is 5.61. The third-order valence-corrected chi connectivity index (χ3v) is 5.61. The van der Waals surface area contributed by atoms with Gasteiger partial charge in [0.05, 0.1) is 19.5 Å². The lowest BCUT2D eigenvalue weighted by Crippen LogP contribution is -2.32. The maximum Gasteiger partial charge on any atom is 0.195 e. The lowest BCUT2D eigenvalue weighted by molar-refractivity contribution is 0.297. The fourth-order valence-electron chi connectivity index (χ4n) is 3.92. The van der Waals surface area contributed by atoms with E-state index in [0.717, 1.165) is 61.3 Å². The molecule has 4 rings (SSSR count). The number of anilines is 1. The Balaban J connectivity index is 1.32. The highest BCUT2D eigenvalue weighted by molar-refractivity contribution is 5.94. The third kappa shape index (κ3) is 6.92. The fourth-order valence-corrected chi connectivity index (χ4v) is 3.92. The zero-order valence-corrected chi connectivity index (χ0v) is 18.3. The first-order valence-electron chi connectivity index (χ1n) is 11.6. The molecule has 3 heterocycles. The van der Waals surface area contributed by atoms with Gasteiger partial charge in [0.2, 0.25) is 0 Å². The molecule has 168 valence electrons. The number of furan rings is 1. The maximum absolute atomic E-state index is 5.82. The van der Waals surface area contributed by atoms with Gasteiger partial charge in [0, 0.05) is 37.7 Å². The van der Waals surface area contributed by atoms with Crippen molar-refractivity contribution in [1.29, 1.82) is 0 Å². The number of fused-ring (bicyclic) bond motifs is 1. The van der Waals surface area contributed by atoms with Crippen LogP contribution in [0.5, 0.6) is 11.5 Å². The van der Waals surface area contributed by atoms with E-state index in [2.05, 4.69) is 15.5 Å². The fraction of sp³-hybridized carbons (Fsp3) is 0.542. The number of ether oxygens (including phenoxy) is 2. The van der Waals surface area contributed by atoms with Gasteiger partial charge in [-0.3, -0.25) is 4.99 Å². The first kappa shape index (κ1) is 21.6. The van der Waals surface area contributed by atoms with Crippen molar-refractivity contribution in [2.45, 2.75) is 38.5 Å². The minimum Gasteiger partial charge on any atom is -0.490 e. The number of nitrogens with one attached hydrogen (secondary N) is 2. The monoisotopic (exact) mass is 426 g/mol. The lowest BCUT2D eigenvalue weighted by Gasteiger charge is -2.15. The minimum absolute atomic E-state index is 0.676. The largest absolute Gasteiger partial charge is 0.490 e. The molecular formula is C24H34N4O3. The molecule has 0 unspecified atom stereocenters. The second kappa shape index (κ2) is 11.6. The van der Waals surface area contributed by atoms with Gasteiger partial charge in [-0.05, 0) is 69.6 Å². The van der Waals surface area contributed by atoms with Crippen molar-refractivity contribution in [2.24, 2.45) is 4.99 Å². The van der Waals surface area contributed by atoms with Crippen LogP contribution < -0.4 is 20.1 Å². The van der Waals surface area contributed by atoms with E-state index < -0.39 is 0 Å². The lowest BCUT2D eigenvalue weighted by atomic mass is 10.2. The number of likely N-dealkylation sites (tertiary alicyclic amines) is 1. The number of hydrogen-bond acceptors (Lipinski definition) is 5. The van der Waals surface area contributed by atoms with Gasteiger partial charge in [0.25, 0.3) is 0 Å². The first-order valence-corrected chi connectivity index (χ1v) is 11.6. The van der Waals surface area contributed by atoms with Crippen LogP contribution in [0.1, 0.15) is 37.9 Å². The molecule has 0 atom stereocenters. The SMILES string of the molecule is c1coc(CCNC(=NCCCCN2CCCC2)Nc2ccc3c(c2)OCCCO3)c1. The molecule has 2 N–H and O–H groups in total. The molecule has 0 amide bonds. The summed E-state index contributed by atoms with van der Waals surface area (Å²) in [5.74, 6) is 3.33. The molecule has 2 aromatic rings. The molecule has 0 saturated carbocycles. The van der Waals surface area contributed by atoms with Gasteiger partial charge in [-0.15, -0.1) is 0 Å². The summed E-state index contributed by atoms with van der Waals surface area (Å²) in [6.07, 6.45) is 8.39. The first-order chi connectivity index (χ1) is 15.4. The number of benzene rings is 1. The molecule has 0 radical (unpaired) electrons. The molecule has 1 fully saturated rings. The molecule has 0 spiro atoms. The molecule has 2 aliphatic rings. The Bertz CT molecular complexity index is 816. The van der Waals surface area contributed by atoms with Crippen molar-refractivity contribution in [3.8, 4) is 11.5 Å². The van der Waals surface area contributed by atoms with Crippen molar-refractivity contribution in [2.75, 3.05) is 51.3 Å². The van der Waals surface area contributed by atoms with Crippen molar-refractivity contribution in [3.63, 3.8) is 0 Å². The van der Waals surface area contributed by atoms with E-state index >= 15 is 0 Å². The highest BCUT2D eigenvalue weighted by atomic mass is 16.5. The van der Waals surface area contributed by atoms with Crippen LogP contribution in [0.4, 0.5) is 5.69 Å². The Kier molecular flexibility index (Phi) is 8.10. The summed E-state index contributed by atoms with van der Waals surface area (Å²) in [6, 6.07) is 9.86. The van der Waals surface area contributed by atoms with E-state index in [4.69, 9.17) is 18.9 Å². The Morgan fingerprint density at radius 2 is 1.87 bits per heavy atom. The van der Waals surface area contributed by atoms with E-state index in [9.17, 15) is 0 Å². The molecule has 1 saturated heterocycles. The smallest absolute Gasteiger partial charge is 0.195 e. The van der Waals surface area contributed by atoms with Crippen LogP contribution >= 0.6 is 0 Å². The predicted octanol–water partition coefficient (Wildman–Crippen LogP) is 3.92. The van der Waals surface area contributed by atoms with Gasteiger partial charge in [0.1, 0.15) is 5.76 Å². The normalized spacial score (nSPS) is 16.8. The summed E-state index contributed by atoms with van der Waals surface area (Å²) in [6.45, 7) is 6.62. The quantitative estimate of drug-likeness (QED) is 0.360. The van der Waals surface area contributed by atoms with Gasteiger partial charge in [0.15, 0.2) is 17.5 Å². The predicted molar refractivity (Wildman–Crippen MR) is 123 cm³/mol. The highest BCUT2D eigenvalue weighted by Gasteiger charge is 2.12. The number of hydrogen-bond donors (Lipinski definition) is 2. The molecule has 0 bridgehead atoms. The number of guanidine groups is 1. The molecule has 1 aromatic carbocycles. The molecule has 2 aliphatic heterocycles. The molecule has 7 nitrogen and oxygen atoms in total. The summed E-state index contributed by atoms with van der Waals surface area (Å²) < 4.78 is 17.0. The van der Waals surface area contributed by atoms with E-state index in [0.29, 0.717) is 13.2 Å². The average molecular weight is 427 g/mol. The molecular weight excluding hydrogens is 392 g/mol. The van der Waals surface area contributed by atoms with Gasteiger partial charge >= 0.3 is 0 Å². The second-order valence-corrected chi connectivity index (χ2v) is 8.08. The molecule has 31 heavy (non-hydrogen) atoms. The Morgan fingerprint density at radius 1 is 1.00 bits per heavy atom. The zero-order chi connectivity index (χ0) is 21.1. The zero-order valence-electron chi connectivity index (χ0n) is 18.3. The summed E-state index contributed by atoms with van der Waals surface area (Å²) in [7, 11) is 0. The van der Waals surface area contributed by atoms with Crippen LogP contribution in [-0.2, 0) is 6.42 Å². The molecule has 7 heteroatoms. The number of unbranched alkanes of at least 4 members (excludes halogenated alkanes) is 1. The number of rotatable bonds is 9. The standard InChI is InChI=1S/C24H34N4O3/c1(2-13-28-14-3-4-15-28)11-25-24(26-12-10-21-7-5-16-29-21)27-20-8-9-22-23(19-20)31-18-6-17-30-22/h5,7-9,16,19H,1-4,6,10-15,17-18H2,(H2,25,26,27). The van der Waals surface area contributed by atoms with Crippen LogP contribution in [0.15, 0.2) is 46.0 Å². The number of aliphatic imine (C=N–C) groups is 1. The summed E-state index contributed by atoms with van der Waals surface area (Å²) in [5, 5.41) is 6.85. The van der Waals surface area contributed by atoms with Crippen LogP contribution in [0.25, 0.3) is 0 Å². The van der Waals surface area contributed by atoms with Crippen molar-refractivity contribution in [3.05, 3.63) is 42.4 Å². The molecule has 1 aromatic heterocycles. The minimum atomic E-state index is 0.676. The topological polar surface area (TPSA) is 71.3 Å². The molecule has 0 aliphatic carbocycles. The van der Waals surface area contributed by atoms with Crippen molar-refractivity contribution < 1.29 is 13.9 Å². The van der Waals surface area contributed by atoms with E-state index in [1.807, 2.05) is 30.3 Å². The summed E-state index contributed by atoms with van der Waals surface area (Å²) in [5.41, 5.74) is 0.936. The van der Waals surface area contributed by atoms with Crippen molar-refractivity contribution in [1.82, 2.24) is 10.2 Å². The number of nitrogens with zero attached hydrogens (tertiary/aromatic N) is 2. The second-order valence-electron chi connectivity index (χ2n) is 8.08. The average Bonchev–Trinajstić information content (AvgIpc) is 3.44. The van der Waals surface area contributed by atoms with Crippen LogP contribution in [0.2, 0.25) is 0 Å².